The van der Waals surface area contributed by atoms with Crippen LogP contribution in [0.3, 0.4) is 0 Å². The van der Waals surface area contributed by atoms with Crippen molar-refractivity contribution in [3.63, 3.8) is 0 Å². The summed E-state index contributed by atoms with van der Waals surface area (Å²) in [7, 11) is 0. The van der Waals surface area contributed by atoms with E-state index in [9.17, 15) is 4.79 Å². The average molecular weight is 292 g/mol. The van der Waals surface area contributed by atoms with Crippen molar-refractivity contribution in [2.75, 3.05) is 19.7 Å². The van der Waals surface area contributed by atoms with Gasteiger partial charge in [0.15, 0.2) is 0 Å². The summed E-state index contributed by atoms with van der Waals surface area (Å²) in [5, 5.41) is 3.16. The highest BCUT2D eigenvalue weighted by atomic mass is 16.5. The summed E-state index contributed by atoms with van der Waals surface area (Å²) >= 11 is 0. The van der Waals surface area contributed by atoms with Crippen molar-refractivity contribution in [1.82, 2.24) is 10.2 Å². The predicted molar refractivity (Wildman–Crippen MR) is 79.1 cm³/mol. The molecular formula is C16H24N2O3. The molecule has 1 N–H and O–H groups in total. The van der Waals surface area contributed by atoms with Crippen LogP contribution >= 0.6 is 0 Å². The maximum atomic E-state index is 12.5. The van der Waals surface area contributed by atoms with Crippen molar-refractivity contribution in [3.8, 4) is 0 Å². The number of urea groups is 1. The first kappa shape index (κ1) is 14.4. The number of rotatable bonds is 4. The zero-order valence-corrected chi connectivity index (χ0v) is 12.6. The lowest BCUT2D eigenvalue weighted by Crippen LogP contribution is -2.45. The molecule has 2 amide bonds. The highest BCUT2D eigenvalue weighted by Crippen LogP contribution is 2.30. The molecule has 0 aromatic carbocycles. The Kier molecular flexibility index (Phi) is 4.48. The van der Waals surface area contributed by atoms with Gasteiger partial charge in [-0.15, -0.1) is 0 Å². The van der Waals surface area contributed by atoms with Gasteiger partial charge in [-0.25, -0.2) is 4.79 Å². The Labute approximate surface area is 125 Å². The first-order valence-electron chi connectivity index (χ1n) is 8.01. The van der Waals surface area contributed by atoms with E-state index < -0.39 is 0 Å². The van der Waals surface area contributed by atoms with Gasteiger partial charge in [0.25, 0.3) is 0 Å². The summed E-state index contributed by atoms with van der Waals surface area (Å²) in [6.07, 6.45) is 7.09. The number of hydrogen-bond donors (Lipinski definition) is 1. The second-order valence-electron chi connectivity index (χ2n) is 5.87. The van der Waals surface area contributed by atoms with Crippen molar-refractivity contribution in [1.29, 1.82) is 0 Å². The second kappa shape index (κ2) is 6.52. The Balaban J connectivity index is 1.60. The normalized spacial score (nSPS) is 24.6. The fourth-order valence-corrected chi connectivity index (χ4v) is 3.27. The Bertz CT molecular complexity index is 480. The molecule has 2 unspecified atom stereocenters. The van der Waals surface area contributed by atoms with Crippen LogP contribution < -0.4 is 5.32 Å². The van der Waals surface area contributed by atoms with Crippen molar-refractivity contribution < 1.29 is 13.9 Å². The number of nitrogens with one attached hydrogen (secondary N) is 1. The number of likely N-dealkylation sites (N-methyl/N-ethyl adjacent to an activating group) is 1. The molecule has 3 rings (SSSR count). The van der Waals surface area contributed by atoms with Crippen LogP contribution in [0.5, 0.6) is 0 Å². The standard InChI is InChI=1S/C16H24N2O3/c1-2-18(11-12-5-4-9-20-12)16(19)17-14-6-3-7-15-13(14)8-10-21-15/h8,10,12,14H,2-7,9,11H2,1H3,(H,17,19). The van der Waals surface area contributed by atoms with Crippen LogP contribution in [-0.2, 0) is 11.2 Å². The van der Waals surface area contributed by atoms with Crippen LogP contribution in [0.25, 0.3) is 0 Å². The van der Waals surface area contributed by atoms with E-state index >= 15 is 0 Å². The molecule has 116 valence electrons. The first-order chi connectivity index (χ1) is 10.3. The quantitative estimate of drug-likeness (QED) is 0.928. The molecule has 0 spiro atoms. The summed E-state index contributed by atoms with van der Waals surface area (Å²) in [5.74, 6) is 1.02. The molecule has 2 heterocycles. The molecule has 1 aliphatic carbocycles. The third-order valence-electron chi connectivity index (χ3n) is 4.47. The number of amides is 2. The summed E-state index contributed by atoms with van der Waals surface area (Å²) in [6, 6.07) is 2.07. The maximum absolute atomic E-state index is 12.5. The molecule has 2 aliphatic rings. The van der Waals surface area contributed by atoms with Crippen molar-refractivity contribution in [2.45, 2.75) is 51.2 Å². The Morgan fingerprint density at radius 3 is 3.10 bits per heavy atom. The minimum Gasteiger partial charge on any atom is -0.469 e. The number of ether oxygens (including phenoxy) is 1. The van der Waals surface area contributed by atoms with Crippen LogP contribution in [0.4, 0.5) is 4.79 Å². The van der Waals surface area contributed by atoms with E-state index in [0.29, 0.717) is 13.1 Å². The van der Waals surface area contributed by atoms with E-state index in [2.05, 4.69) is 5.32 Å². The SMILES string of the molecule is CCN(CC1CCCO1)C(=O)NC1CCCc2occc21. The molecule has 5 nitrogen and oxygen atoms in total. The molecule has 0 bridgehead atoms. The van der Waals surface area contributed by atoms with Gasteiger partial charge in [0, 0.05) is 31.7 Å². The number of fused-ring (bicyclic) bond motifs is 1. The summed E-state index contributed by atoms with van der Waals surface area (Å²) in [4.78, 5) is 14.3. The van der Waals surface area contributed by atoms with E-state index in [0.717, 1.165) is 50.0 Å². The van der Waals surface area contributed by atoms with E-state index in [1.165, 1.54) is 0 Å². The van der Waals surface area contributed by atoms with Gasteiger partial charge in [0.1, 0.15) is 5.76 Å². The third-order valence-corrected chi connectivity index (χ3v) is 4.47. The lowest BCUT2D eigenvalue weighted by molar-refractivity contribution is 0.0819. The van der Waals surface area contributed by atoms with Crippen molar-refractivity contribution in [3.05, 3.63) is 23.7 Å². The number of aryl methyl sites for hydroxylation is 1. The number of furan rings is 1. The molecule has 1 saturated heterocycles. The lowest BCUT2D eigenvalue weighted by Gasteiger charge is -2.28. The highest BCUT2D eigenvalue weighted by molar-refractivity contribution is 5.74. The molecule has 21 heavy (non-hydrogen) atoms. The van der Waals surface area contributed by atoms with Crippen LogP contribution in [0.2, 0.25) is 0 Å². The van der Waals surface area contributed by atoms with Crippen LogP contribution in [0.1, 0.15) is 50.0 Å². The molecule has 5 heteroatoms. The van der Waals surface area contributed by atoms with E-state index in [1.54, 1.807) is 6.26 Å². The lowest BCUT2D eigenvalue weighted by atomic mass is 9.93. The van der Waals surface area contributed by atoms with Crippen LogP contribution in [0.15, 0.2) is 16.7 Å². The van der Waals surface area contributed by atoms with Gasteiger partial charge in [-0.1, -0.05) is 0 Å². The van der Waals surface area contributed by atoms with Crippen LogP contribution in [-0.4, -0.2) is 36.7 Å². The molecule has 1 fully saturated rings. The zero-order chi connectivity index (χ0) is 14.7. The molecular weight excluding hydrogens is 268 g/mol. The predicted octanol–water partition coefficient (Wildman–Crippen LogP) is 2.87. The van der Waals surface area contributed by atoms with Gasteiger partial charge in [0.05, 0.1) is 18.4 Å². The van der Waals surface area contributed by atoms with Gasteiger partial charge in [-0.2, -0.15) is 0 Å². The summed E-state index contributed by atoms with van der Waals surface area (Å²) < 4.78 is 11.1. The smallest absolute Gasteiger partial charge is 0.317 e. The second-order valence-corrected chi connectivity index (χ2v) is 5.87. The Morgan fingerprint density at radius 2 is 2.33 bits per heavy atom. The van der Waals surface area contributed by atoms with Gasteiger partial charge in [-0.05, 0) is 38.7 Å². The molecule has 1 aromatic rings. The molecule has 1 aromatic heterocycles. The van der Waals surface area contributed by atoms with Crippen LogP contribution in [0, 0.1) is 0 Å². The van der Waals surface area contributed by atoms with Gasteiger partial charge >= 0.3 is 6.03 Å². The molecule has 0 saturated carbocycles. The zero-order valence-electron chi connectivity index (χ0n) is 12.6. The maximum Gasteiger partial charge on any atom is 0.317 e. The van der Waals surface area contributed by atoms with E-state index in [4.69, 9.17) is 9.15 Å². The minimum absolute atomic E-state index is 0.00653. The third kappa shape index (κ3) is 3.23. The topological polar surface area (TPSA) is 54.7 Å². The number of nitrogens with zero attached hydrogens (tertiary/aromatic N) is 1. The number of carbonyl (C=O) groups is 1. The summed E-state index contributed by atoms with van der Waals surface area (Å²) in [5.41, 5.74) is 1.14. The van der Waals surface area contributed by atoms with Gasteiger partial charge < -0.3 is 19.4 Å². The van der Waals surface area contributed by atoms with Crippen molar-refractivity contribution in [2.24, 2.45) is 0 Å². The molecule has 1 aliphatic heterocycles. The Morgan fingerprint density at radius 1 is 1.43 bits per heavy atom. The number of hydrogen-bond acceptors (Lipinski definition) is 3. The largest absolute Gasteiger partial charge is 0.469 e. The fourth-order valence-electron chi connectivity index (χ4n) is 3.27. The van der Waals surface area contributed by atoms with E-state index in [-0.39, 0.29) is 18.2 Å². The summed E-state index contributed by atoms with van der Waals surface area (Å²) in [6.45, 7) is 4.23. The Hall–Kier alpha value is -1.49. The minimum atomic E-state index is 0.00653. The van der Waals surface area contributed by atoms with Gasteiger partial charge in [-0.3, -0.25) is 0 Å². The van der Waals surface area contributed by atoms with Gasteiger partial charge in [0.2, 0.25) is 0 Å². The fraction of sp³-hybridized carbons (Fsp3) is 0.688. The highest BCUT2D eigenvalue weighted by Gasteiger charge is 2.27. The van der Waals surface area contributed by atoms with Crippen molar-refractivity contribution >= 4 is 6.03 Å². The average Bonchev–Trinajstić information content (AvgIpc) is 3.16. The monoisotopic (exact) mass is 292 g/mol. The van der Waals surface area contributed by atoms with E-state index in [1.807, 2.05) is 17.9 Å². The molecule has 2 atom stereocenters. The number of carbonyl (C=O) groups excluding carboxylic acids is 1. The first-order valence-corrected chi connectivity index (χ1v) is 8.01. The molecule has 0 radical (unpaired) electrons.